The number of cyclic esters (lactones) is 1. The number of allylic oxidation sites excluding steroid dienone is 1. The third-order valence-corrected chi connectivity index (χ3v) is 7.47. The van der Waals surface area contributed by atoms with E-state index in [0.717, 1.165) is 24.0 Å². The summed E-state index contributed by atoms with van der Waals surface area (Å²) in [6.45, 7) is 6.22. The molecule has 1 fully saturated rings. The maximum atomic E-state index is 13.6. The first-order valence-electron chi connectivity index (χ1n) is 13.9. The summed E-state index contributed by atoms with van der Waals surface area (Å²) in [5, 5.41) is 12.5. The normalized spacial score (nSPS) is 25.2. The molecule has 4 bridgehead atoms. The minimum absolute atomic E-state index is 0.0660. The molecule has 3 aliphatic rings. The van der Waals surface area contributed by atoms with Crippen molar-refractivity contribution in [3.8, 4) is 11.5 Å². The zero-order chi connectivity index (χ0) is 29.7. The first-order chi connectivity index (χ1) is 19.5. The number of nitrogens with zero attached hydrogens (tertiary/aromatic N) is 2. The predicted molar refractivity (Wildman–Crippen MR) is 146 cm³/mol. The van der Waals surface area contributed by atoms with Gasteiger partial charge in [-0.2, -0.15) is 0 Å². The molecule has 3 amide bonds. The Morgan fingerprint density at radius 2 is 1.88 bits per heavy atom. The van der Waals surface area contributed by atoms with Crippen LogP contribution < -0.4 is 14.8 Å². The monoisotopic (exact) mass is 573 g/mol. The molecule has 0 radical (unpaired) electrons. The lowest BCUT2D eigenvalue weighted by Crippen LogP contribution is -2.57. The first kappa shape index (κ1) is 30.0. The summed E-state index contributed by atoms with van der Waals surface area (Å²) in [7, 11) is 1.55. The zero-order valence-corrected chi connectivity index (χ0v) is 24.0. The number of hydrogen-bond donors (Lipinski definition) is 2. The van der Waals surface area contributed by atoms with E-state index in [1.165, 1.54) is 9.80 Å². The minimum atomic E-state index is -1.21. The number of benzene rings is 1. The molecule has 1 aromatic rings. The van der Waals surface area contributed by atoms with Crippen LogP contribution in [0.3, 0.4) is 0 Å². The van der Waals surface area contributed by atoms with Gasteiger partial charge in [-0.05, 0) is 36.3 Å². The molecule has 0 aliphatic carbocycles. The van der Waals surface area contributed by atoms with E-state index < -0.39 is 47.7 Å². The molecular weight excluding hydrogens is 534 g/mol. The fraction of sp³-hybridized carbons (Fsp3) is 0.586. The van der Waals surface area contributed by atoms with Gasteiger partial charge in [0.2, 0.25) is 5.91 Å². The second kappa shape index (κ2) is 12.7. The smallest absolute Gasteiger partial charge is 0.410 e. The Labute approximate surface area is 239 Å². The van der Waals surface area contributed by atoms with Crippen LogP contribution in [0.25, 0.3) is 0 Å². The second-order valence-electron chi connectivity index (χ2n) is 11.5. The second-order valence-corrected chi connectivity index (χ2v) is 11.5. The Balaban J connectivity index is 1.58. The summed E-state index contributed by atoms with van der Waals surface area (Å²) < 4.78 is 22.6. The van der Waals surface area contributed by atoms with Gasteiger partial charge in [-0.3, -0.25) is 9.69 Å². The van der Waals surface area contributed by atoms with Gasteiger partial charge in [0.25, 0.3) is 0 Å². The molecule has 3 aliphatic heterocycles. The molecular formula is C29H39N3O9. The Kier molecular flexibility index (Phi) is 9.29. The number of carbonyl (C=O) groups excluding carboxylic acids is 3. The van der Waals surface area contributed by atoms with Crippen LogP contribution >= 0.6 is 0 Å². The van der Waals surface area contributed by atoms with Crippen LogP contribution in [0.1, 0.15) is 57.6 Å². The topological polar surface area (TPSA) is 144 Å². The summed E-state index contributed by atoms with van der Waals surface area (Å²) in [5.74, 6) is -0.674. The molecule has 1 aromatic carbocycles. The van der Waals surface area contributed by atoms with Crippen molar-refractivity contribution in [2.75, 3.05) is 26.9 Å². The van der Waals surface area contributed by atoms with Crippen molar-refractivity contribution in [1.82, 2.24) is 15.1 Å². The van der Waals surface area contributed by atoms with Gasteiger partial charge in [0.05, 0.1) is 26.8 Å². The molecule has 0 saturated carbocycles. The minimum Gasteiger partial charge on any atom is -0.493 e. The fourth-order valence-electron chi connectivity index (χ4n) is 5.27. The number of aliphatic carboxylic acids is 1. The van der Waals surface area contributed by atoms with Crippen LogP contribution in [0.4, 0.5) is 9.59 Å². The molecule has 12 nitrogen and oxygen atoms in total. The quantitative estimate of drug-likeness (QED) is 0.508. The van der Waals surface area contributed by atoms with Crippen molar-refractivity contribution >= 4 is 24.1 Å². The number of carboxylic acid groups (broad SMARTS) is 1. The lowest BCUT2D eigenvalue weighted by Gasteiger charge is -2.34. The summed E-state index contributed by atoms with van der Waals surface area (Å²) in [6.07, 6.45) is 3.79. The molecule has 0 spiro atoms. The number of hydrogen-bond acceptors (Lipinski definition) is 8. The summed E-state index contributed by atoms with van der Waals surface area (Å²) in [6, 6.07) is 1.42. The highest BCUT2D eigenvalue weighted by Gasteiger charge is 2.46. The number of rotatable bonds is 2. The fourth-order valence-corrected chi connectivity index (χ4v) is 5.27. The average molecular weight is 574 g/mol. The van der Waals surface area contributed by atoms with Crippen LogP contribution in [0, 0.1) is 5.41 Å². The molecule has 3 heterocycles. The van der Waals surface area contributed by atoms with Gasteiger partial charge in [-0.1, -0.05) is 39.0 Å². The van der Waals surface area contributed by atoms with Crippen molar-refractivity contribution in [2.45, 2.75) is 77.7 Å². The Morgan fingerprint density at radius 1 is 1.10 bits per heavy atom. The lowest BCUT2D eigenvalue weighted by atomic mass is 9.85. The van der Waals surface area contributed by atoms with E-state index >= 15 is 0 Å². The molecule has 2 N–H and O–H groups in total. The number of methoxy groups -OCH3 is 1. The van der Waals surface area contributed by atoms with E-state index in [2.05, 4.69) is 5.32 Å². The number of alkyl carbamates (subject to hydrolysis) is 1. The molecule has 1 saturated heterocycles. The van der Waals surface area contributed by atoms with Crippen LogP contribution in [0.5, 0.6) is 11.5 Å². The number of fused-ring (bicyclic) bond motifs is 3. The summed E-state index contributed by atoms with van der Waals surface area (Å²) >= 11 is 0. The van der Waals surface area contributed by atoms with Crippen LogP contribution in [0.15, 0.2) is 24.3 Å². The molecule has 4 rings (SSSR count). The molecule has 0 aromatic heterocycles. The SMILES string of the molecule is COc1ccc2c3c1OC/C=C/CCCCOC(=O)N[C@@H](C(C)(C)C)C(=O)N1C[C@@H](CC1C(=O)O)OC(=O)N(C2)C3. The van der Waals surface area contributed by atoms with Crippen LogP contribution in [-0.2, 0) is 32.2 Å². The van der Waals surface area contributed by atoms with Crippen molar-refractivity contribution < 1.29 is 43.2 Å². The molecule has 41 heavy (non-hydrogen) atoms. The van der Waals surface area contributed by atoms with Gasteiger partial charge in [-0.15, -0.1) is 0 Å². The maximum Gasteiger partial charge on any atom is 0.410 e. The van der Waals surface area contributed by atoms with Crippen LogP contribution in [-0.4, -0.2) is 84.0 Å². The van der Waals surface area contributed by atoms with Crippen LogP contribution in [0.2, 0.25) is 0 Å². The van der Waals surface area contributed by atoms with E-state index in [9.17, 15) is 24.3 Å². The van der Waals surface area contributed by atoms with E-state index in [4.69, 9.17) is 18.9 Å². The van der Waals surface area contributed by atoms with Gasteiger partial charge in [0, 0.05) is 18.5 Å². The molecule has 12 heteroatoms. The largest absolute Gasteiger partial charge is 0.493 e. The van der Waals surface area contributed by atoms with Gasteiger partial charge >= 0.3 is 18.2 Å². The lowest BCUT2D eigenvalue weighted by molar-refractivity contribution is -0.150. The van der Waals surface area contributed by atoms with Crippen molar-refractivity contribution in [3.05, 3.63) is 35.4 Å². The molecule has 224 valence electrons. The molecule has 1 unspecified atom stereocenters. The highest BCUT2D eigenvalue weighted by atomic mass is 16.6. The number of carbonyl (C=O) groups is 4. The summed E-state index contributed by atoms with van der Waals surface area (Å²) in [5.41, 5.74) is 0.981. The zero-order valence-electron chi connectivity index (χ0n) is 24.0. The van der Waals surface area contributed by atoms with Crippen molar-refractivity contribution in [1.29, 1.82) is 0 Å². The number of nitrogens with one attached hydrogen (secondary N) is 1. The van der Waals surface area contributed by atoms with Crippen molar-refractivity contribution in [2.24, 2.45) is 5.41 Å². The average Bonchev–Trinajstić information content (AvgIpc) is 3.54. The Bertz CT molecular complexity index is 1190. The van der Waals surface area contributed by atoms with E-state index in [1.807, 2.05) is 18.2 Å². The van der Waals surface area contributed by atoms with Gasteiger partial charge in [-0.25, -0.2) is 14.4 Å². The van der Waals surface area contributed by atoms with E-state index in [1.54, 1.807) is 33.9 Å². The Morgan fingerprint density at radius 3 is 2.59 bits per heavy atom. The predicted octanol–water partition coefficient (Wildman–Crippen LogP) is 3.46. The third kappa shape index (κ3) is 7.04. The highest BCUT2D eigenvalue weighted by molar-refractivity contribution is 5.90. The number of ether oxygens (including phenoxy) is 4. The Hall–Kier alpha value is -3.96. The maximum absolute atomic E-state index is 13.6. The third-order valence-electron chi connectivity index (χ3n) is 7.47. The van der Waals surface area contributed by atoms with Gasteiger partial charge in [0.15, 0.2) is 11.5 Å². The van der Waals surface area contributed by atoms with Gasteiger partial charge in [0.1, 0.15) is 24.8 Å². The highest BCUT2D eigenvalue weighted by Crippen LogP contribution is 2.39. The summed E-state index contributed by atoms with van der Waals surface area (Å²) in [4.78, 5) is 54.2. The standard InChI is InChI=1S/C29H39N3O9/c1-29(2,3)24-25(33)32-16-19(14-21(32)26(34)35)41-28(37)31-15-18-10-11-22(38-4)23(20(18)17-31)39-12-8-6-5-7-9-13-40-27(36)30-24/h6,8,10-11,19,21,24H,5,7,9,12-17H2,1-4H3,(H,30,36)(H,34,35)/b8-6+/t19-,21?,24-/m1/s1. The van der Waals surface area contributed by atoms with Crippen molar-refractivity contribution in [3.63, 3.8) is 0 Å². The van der Waals surface area contributed by atoms with Gasteiger partial charge < -0.3 is 34.3 Å². The first-order valence-corrected chi connectivity index (χ1v) is 13.9. The number of amides is 3. The van der Waals surface area contributed by atoms with E-state index in [-0.39, 0.29) is 26.1 Å². The molecule has 3 atom stereocenters. The number of carboxylic acids is 1. The van der Waals surface area contributed by atoms with E-state index in [0.29, 0.717) is 31.1 Å².